The number of rotatable bonds is 18. The number of methoxy groups -OCH3 is 1. The quantitative estimate of drug-likeness (QED) is 0.0459. The molecule has 0 radical (unpaired) electrons. The third-order valence-corrected chi connectivity index (χ3v) is 14.8. The number of hydrogen-bond acceptors (Lipinski definition) is 10. The van der Waals surface area contributed by atoms with E-state index in [2.05, 4.69) is 74.1 Å². The van der Waals surface area contributed by atoms with E-state index in [-0.39, 0.29) is 48.0 Å². The number of allylic oxidation sites excluding steroid dienone is 2. The minimum absolute atomic E-state index is 0.0303. The molecule has 0 spiro atoms. The predicted molar refractivity (Wildman–Crippen MR) is 263 cm³/mol. The highest BCUT2D eigenvalue weighted by atomic mass is 16.5. The molecule has 2 aromatic carbocycles. The zero-order valence-corrected chi connectivity index (χ0v) is 40.6. The molecule has 11 heteroatoms. The van der Waals surface area contributed by atoms with Crippen LogP contribution in [-0.4, -0.2) is 80.2 Å². The molecule has 1 aliphatic heterocycles. The molecule has 3 aromatic rings. The molecule has 0 bridgehead atoms. The van der Waals surface area contributed by atoms with Crippen LogP contribution < -0.4 is 15.8 Å². The topological polar surface area (TPSA) is 198 Å². The van der Waals surface area contributed by atoms with Crippen LogP contribution in [0.1, 0.15) is 144 Å². The number of aromatic amines is 1. The lowest BCUT2D eigenvalue weighted by Crippen LogP contribution is -2.40. The Morgan fingerprint density at radius 1 is 0.910 bits per heavy atom. The number of benzene rings is 2. The molecule has 6 rings (SSSR count). The van der Waals surface area contributed by atoms with Gasteiger partial charge < -0.3 is 46.3 Å². The number of aryl methyl sites for hydroxylation is 2. The van der Waals surface area contributed by atoms with Crippen LogP contribution >= 0.6 is 0 Å². The largest absolute Gasteiger partial charge is 0.504 e. The number of H-pyrrole nitrogens is 1. The first-order valence-electron chi connectivity index (χ1n) is 24.9. The van der Waals surface area contributed by atoms with Crippen LogP contribution in [0.2, 0.25) is 0 Å². The zero-order valence-electron chi connectivity index (χ0n) is 40.6. The van der Waals surface area contributed by atoms with Crippen LogP contribution in [0, 0.1) is 47.3 Å². The number of aromatic nitrogens is 1. The van der Waals surface area contributed by atoms with Crippen molar-refractivity contribution < 1.29 is 39.9 Å². The maximum Gasteiger partial charge on any atom is 0.173 e. The van der Waals surface area contributed by atoms with Gasteiger partial charge in [-0.3, -0.25) is 9.59 Å². The highest BCUT2D eigenvalue weighted by Gasteiger charge is 2.43. The fraction of sp³-hybridized carbons (Fsp3) is 0.571. The summed E-state index contributed by atoms with van der Waals surface area (Å²) in [5.74, 6) is 5.69. The van der Waals surface area contributed by atoms with Crippen LogP contribution in [0.5, 0.6) is 11.5 Å². The summed E-state index contributed by atoms with van der Waals surface area (Å²) in [6.45, 7) is 10.8. The van der Waals surface area contributed by atoms with Crippen LogP contribution in [0.15, 0.2) is 72.2 Å². The normalized spacial score (nSPS) is 24.7. The van der Waals surface area contributed by atoms with E-state index < -0.39 is 53.7 Å². The number of nitrogens with two attached hydrogens (primary N) is 1. The van der Waals surface area contributed by atoms with E-state index in [4.69, 9.17) is 10.5 Å². The Bertz CT molecular complexity index is 2270. The number of phenols is 1. The minimum Gasteiger partial charge on any atom is -0.504 e. The van der Waals surface area contributed by atoms with Gasteiger partial charge in [0.05, 0.1) is 37.2 Å². The smallest absolute Gasteiger partial charge is 0.173 e. The standard InChI is InChI=1S/C56H77N3O8/c1-7-10-45(51(63)30-43-27-42(32-59-43)34(4)14-19-49(61)35(5)60)41-25-37(23-36-21-22-58-54(57)26-36)24-39-16-18-46(44-12-9-8-11-38(44)15-13-33(2)3)47-31-52(64)53(67-6)29-40(47)17-20-50(62)56(66)55(65)48(39)28-41/h8-9,11-12,21,26-27,29,31-35,37,39,41,45-46,48-49,51,56,58-61,63-64,66H,7,10,13-15,17,19-20,22-25,28,30,57H2,1-6H3. The van der Waals surface area contributed by atoms with E-state index in [0.29, 0.717) is 63.2 Å². The number of Topliss-reactive ketones (excluding diaryl/α,β-unsaturated/α-hetero) is 2. The van der Waals surface area contributed by atoms with Gasteiger partial charge in [-0.25, -0.2) is 0 Å². The Morgan fingerprint density at radius 2 is 1.69 bits per heavy atom. The number of aromatic hydroxyl groups is 1. The molecule has 11 unspecified atom stereocenters. The predicted octanol–water partition coefficient (Wildman–Crippen LogP) is 7.91. The summed E-state index contributed by atoms with van der Waals surface area (Å²) in [6, 6.07) is 13.8. The lowest BCUT2D eigenvalue weighted by atomic mass is 9.73. The van der Waals surface area contributed by atoms with E-state index in [1.54, 1.807) is 19.1 Å². The average Bonchev–Trinajstić information content (AvgIpc) is 3.69. The second-order valence-corrected chi connectivity index (χ2v) is 20.3. The second-order valence-electron chi connectivity index (χ2n) is 20.3. The first-order valence-corrected chi connectivity index (χ1v) is 24.9. The lowest BCUT2D eigenvalue weighted by Gasteiger charge is -2.33. The van der Waals surface area contributed by atoms with Crippen molar-refractivity contribution in [1.82, 2.24) is 10.3 Å². The number of ketones is 2. The number of fused-ring (bicyclic) bond motifs is 2. The van der Waals surface area contributed by atoms with Gasteiger partial charge in [-0.15, -0.1) is 0 Å². The molecule has 11 atom stereocenters. The molecule has 1 aromatic heterocycles. The van der Waals surface area contributed by atoms with Crippen molar-refractivity contribution in [2.75, 3.05) is 13.7 Å². The fourth-order valence-electron chi connectivity index (χ4n) is 10.9. The summed E-state index contributed by atoms with van der Waals surface area (Å²) in [5.41, 5.74) is 13.0. The molecule has 0 saturated heterocycles. The molecule has 1 saturated carbocycles. The Labute approximate surface area is 398 Å². The van der Waals surface area contributed by atoms with Crippen molar-refractivity contribution in [3.8, 4) is 23.3 Å². The molecule has 2 heterocycles. The van der Waals surface area contributed by atoms with Crippen molar-refractivity contribution in [2.24, 2.45) is 41.2 Å². The number of phenolic OH excluding ortho intramolecular Hbond substituents is 1. The zero-order chi connectivity index (χ0) is 48.4. The van der Waals surface area contributed by atoms with E-state index in [1.165, 1.54) is 7.11 Å². The van der Waals surface area contributed by atoms with Crippen LogP contribution in [-0.2, 0) is 28.9 Å². The molecular formula is C56H77N3O8. The number of carbonyl (C=O) groups is 2. The van der Waals surface area contributed by atoms with Crippen molar-refractivity contribution in [2.45, 2.75) is 154 Å². The summed E-state index contributed by atoms with van der Waals surface area (Å²) in [5, 5.41) is 58.5. The monoisotopic (exact) mass is 920 g/mol. The van der Waals surface area contributed by atoms with Gasteiger partial charge in [0.25, 0.3) is 0 Å². The lowest BCUT2D eigenvalue weighted by molar-refractivity contribution is -0.142. The van der Waals surface area contributed by atoms with Crippen molar-refractivity contribution >= 4 is 11.6 Å². The summed E-state index contributed by atoms with van der Waals surface area (Å²) in [6.07, 6.45) is 9.24. The van der Waals surface area contributed by atoms with Gasteiger partial charge in [0.1, 0.15) is 0 Å². The maximum atomic E-state index is 14.9. The summed E-state index contributed by atoms with van der Waals surface area (Å²) < 4.78 is 5.54. The van der Waals surface area contributed by atoms with Crippen molar-refractivity contribution in [3.63, 3.8) is 0 Å². The van der Waals surface area contributed by atoms with Crippen LogP contribution in [0.4, 0.5) is 0 Å². The second kappa shape index (κ2) is 23.9. The molecular weight excluding hydrogens is 843 g/mol. The summed E-state index contributed by atoms with van der Waals surface area (Å²) in [4.78, 5) is 32.3. The number of dihydropyridines is 1. The van der Waals surface area contributed by atoms with E-state index in [9.17, 15) is 35.1 Å². The number of carbonyl (C=O) groups excluding carboxylic acids is 2. The van der Waals surface area contributed by atoms with Gasteiger partial charge in [-0.05, 0) is 158 Å². The van der Waals surface area contributed by atoms with Gasteiger partial charge in [0.15, 0.2) is 29.2 Å². The molecule has 3 aliphatic rings. The van der Waals surface area contributed by atoms with Gasteiger partial charge in [-0.1, -0.05) is 76.3 Å². The van der Waals surface area contributed by atoms with E-state index in [1.807, 2.05) is 24.4 Å². The summed E-state index contributed by atoms with van der Waals surface area (Å²) >= 11 is 0. The van der Waals surface area contributed by atoms with Gasteiger partial charge >= 0.3 is 0 Å². The van der Waals surface area contributed by atoms with E-state index in [0.717, 1.165) is 64.8 Å². The summed E-state index contributed by atoms with van der Waals surface area (Å²) in [7, 11) is 1.49. The third-order valence-electron chi connectivity index (χ3n) is 14.8. The number of aliphatic hydroxyl groups is 4. The average molecular weight is 920 g/mol. The Kier molecular flexibility index (Phi) is 18.4. The number of aliphatic hydroxyl groups excluding tert-OH is 4. The first-order chi connectivity index (χ1) is 32.1. The Balaban J connectivity index is 1.43. The SMILES string of the molecule is CCCC(C(O)Cc1cc(C(C)CCC(O)C(C)O)c[nH]1)C1CC(CC2=CCNC(N)=C2)CC2C#CC(c3ccccc3CCC(C)C)c3cc(O)c(OC)cc3CCC(=O)C(O)C(=O)C2C1. The highest BCUT2D eigenvalue weighted by molar-refractivity contribution is 6.06. The van der Waals surface area contributed by atoms with Crippen LogP contribution in [0.25, 0.3) is 0 Å². The minimum atomic E-state index is -1.83. The van der Waals surface area contributed by atoms with Gasteiger partial charge in [0.2, 0.25) is 0 Å². The van der Waals surface area contributed by atoms with Gasteiger partial charge in [0, 0.05) is 43.1 Å². The highest BCUT2D eigenvalue weighted by Crippen LogP contribution is 2.45. The number of hydrogen-bond donors (Lipinski definition) is 8. The van der Waals surface area contributed by atoms with Crippen LogP contribution in [0.3, 0.4) is 0 Å². The van der Waals surface area contributed by atoms with Crippen molar-refractivity contribution in [1.29, 1.82) is 0 Å². The Morgan fingerprint density at radius 3 is 2.40 bits per heavy atom. The molecule has 11 nitrogen and oxygen atoms in total. The number of nitrogens with one attached hydrogen (secondary N) is 2. The molecule has 67 heavy (non-hydrogen) atoms. The molecule has 0 amide bonds. The molecule has 9 N–H and O–H groups in total. The maximum absolute atomic E-state index is 14.9. The Hall–Kier alpha value is -4.86. The molecule has 1 fully saturated rings. The molecule has 364 valence electrons. The fourth-order valence-corrected chi connectivity index (χ4v) is 10.9. The van der Waals surface area contributed by atoms with Gasteiger partial charge in [-0.2, -0.15) is 0 Å². The third kappa shape index (κ3) is 13.4. The first kappa shape index (κ1) is 51.5. The van der Waals surface area contributed by atoms with E-state index >= 15 is 0 Å². The molecule has 2 aliphatic carbocycles. The van der Waals surface area contributed by atoms with Crippen molar-refractivity contribution in [3.05, 3.63) is 106 Å². The number of ether oxygens (including phenoxy) is 1.